The Morgan fingerprint density at radius 2 is 2.50 bits per heavy atom. The van der Waals surface area contributed by atoms with Crippen LogP contribution in [0.1, 0.15) is 11.5 Å². The summed E-state index contributed by atoms with van der Waals surface area (Å²) in [6.45, 7) is 0. The van der Waals surface area contributed by atoms with Crippen molar-refractivity contribution in [2.75, 3.05) is 0 Å². The second-order valence-corrected chi connectivity index (χ2v) is 3.35. The van der Waals surface area contributed by atoms with Gasteiger partial charge in [-0.1, -0.05) is 0 Å². The summed E-state index contributed by atoms with van der Waals surface area (Å²) >= 11 is 0. The second kappa shape index (κ2) is 3.28. The molecule has 1 aromatic rings. The Balaban J connectivity index is 2.08. The molecule has 78 valence electrons. The maximum atomic E-state index is 11.9. The zero-order valence-electron chi connectivity index (χ0n) is 8.23. The summed E-state index contributed by atoms with van der Waals surface area (Å²) in [6, 6.07) is 4.32. The van der Waals surface area contributed by atoms with Gasteiger partial charge in [-0.2, -0.15) is 0 Å². The number of hydrogen-bond donors (Lipinski definition) is 1. The van der Waals surface area contributed by atoms with Crippen molar-refractivity contribution in [2.45, 2.75) is 6.42 Å². The van der Waals surface area contributed by atoms with Crippen LogP contribution in [0.25, 0.3) is 5.82 Å². The third-order valence-electron chi connectivity index (χ3n) is 2.31. The summed E-state index contributed by atoms with van der Waals surface area (Å²) in [5.74, 6) is 1.23. The smallest absolute Gasteiger partial charge is 0.278 e. The zero-order valence-corrected chi connectivity index (χ0v) is 8.23. The van der Waals surface area contributed by atoms with E-state index in [1.165, 1.54) is 4.57 Å². The van der Waals surface area contributed by atoms with Crippen molar-refractivity contribution < 1.29 is 4.42 Å². The summed E-state index contributed by atoms with van der Waals surface area (Å²) in [5, 5.41) is 0. The maximum Gasteiger partial charge on any atom is 0.278 e. The Morgan fingerprint density at radius 1 is 1.56 bits per heavy atom. The van der Waals surface area contributed by atoms with Gasteiger partial charge < -0.3 is 9.40 Å². The minimum atomic E-state index is -0.125. The molecule has 0 spiro atoms. The summed E-state index contributed by atoms with van der Waals surface area (Å²) in [5.41, 5.74) is 0.330. The Bertz CT molecular complexity index is 621. The predicted molar refractivity (Wildman–Crippen MR) is 54.6 cm³/mol. The molecule has 16 heavy (non-hydrogen) atoms. The van der Waals surface area contributed by atoms with E-state index in [0.29, 0.717) is 23.7 Å². The monoisotopic (exact) mass is 213 g/mol. The number of H-pyrrole nitrogens is 1. The van der Waals surface area contributed by atoms with E-state index in [9.17, 15) is 4.79 Å². The number of hydrogen-bond acceptors (Lipinski definition) is 3. The largest absolute Gasteiger partial charge is 0.411 e. The lowest BCUT2D eigenvalue weighted by Gasteiger charge is -1.95. The molecule has 3 heterocycles. The number of fused-ring (bicyclic) bond motifs is 1. The molecule has 1 N–H and O–H groups in total. The van der Waals surface area contributed by atoms with Gasteiger partial charge in [-0.15, -0.1) is 0 Å². The Labute approximate surface area is 90.7 Å². The number of rotatable bonds is 2. The fourth-order valence-electron chi connectivity index (χ4n) is 1.57. The summed E-state index contributed by atoms with van der Waals surface area (Å²) in [7, 11) is 0. The topological polar surface area (TPSA) is 63.8 Å². The van der Waals surface area contributed by atoms with E-state index in [1.807, 2.05) is 0 Å². The molecule has 0 atom stereocenters. The van der Waals surface area contributed by atoms with Crippen molar-refractivity contribution in [2.24, 2.45) is 0 Å². The first-order chi connectivity index (χ1) is 7.84. The lowest BCUT2D eigenvalue weighted by Crippen LogP contribution is -2.14. The molecule has 5 nitrogen and oxygen atoms in total. The Morgan fingerprint density at radius 3 is 3.25 bits per heavy atom. The molecule has 2 aliphatic rings. The molecular formula is C11H7N3O2. The van der Waals surface area contributed by atoms with Crippen LogP contribution >= 0.6 is 0 Å². The first-order valence-corrected chi connectivity index (χ1v) is 4.75. The molecule has 0 amide bonds. The van der Waals surface area contributed by atoms with Gasteiger partial charge in [0.1, 0.15) is 17.7 Å². The van der Waals surface area contributed by atoms with E-state index in [4.69, 9.17) is 4.42 Å². The van der Waals surface area contributed by atoms with Crippen LogP contribution in [-0.4, -0.2) is 14.5 Å². The zero-order chi connectivity index (χ0) is 11.0. The van der Waals surface area contributed by atoms with Gasteiger partial charge in [0.25, 0.3) is 5.56 Å². The quantitative estimate of drug-likeness (QED) is 0.684. The molecule has 0 bridgehead atoms. The molecule has 3 rings (SSSR count). The predicted octanol–water partition coefficient (Wildman–Crippen LogP) is 0.783. The van der Waals surface area contributed by atoms with E-state index in [0.717, 1.165) is 0 Å². The van der Waals surface area contributed by atoms with Crippen molar-refractivity contribution in [3.8, 4) is 5.82 Å². The highest BCUT2D eigenvalue weighted by Crippen LogP contribution is 2.07. The molecule has 0 radical (unpaired) electrons. The molecule has 0 unspecified atom stereocenters. The molecular weight excluding hydrogens is 206 g/mol. The van der Waals surface area contributed by atoms with Crippen LogP contribution in [0.4, 0.5) is 0 Å². The van der Waals surface area contributed by atoms with E-state index in [1.54, 1.807) is 24.7 Å². The minimum absolute atomic E-state index is 0.125. The van der Waals surface area contributed by atoms with E-state index in [2.05, 4.69) is 22.3 Å². The van der Waals surface area contributed by atoms with Gasteiger partial charge in [-0.05, 0) is 6.07 Å². The highest BCUT2D eigenvalue weighted by Gasteiger charge is 2.14. The van der Waals surface area contributed by atoms with Crippen LogP contribution in [0.5, 0.6) is 0 Å². The van der Waals surface area contributed by atoms with Crippen LogP contribution in [0.15, 0.2) is 33.9 Å². The average Bonchev–Trinajstić information content (AvgIpc) is 2.90. The Kier molecular flexibility index (Phi) is 1.80. The molecule has 2 aliphatic heterocycles. The number of imidazole rings is 1. The maximum absolute atomic E-state index is 11.9. The van der Waals surface area contributed by atoms with Gasteiger partial charge >= 0.3 is 0 Å². The van der Waals surface area contributed by atoms with E-state index < -0.39 is 0 Å². The highest BCUT2D eigenvalue weighted by molar-refractivity contribution is 5.26. The van der Waals surface area contributed by atoms with E-state index in [-0.39, 0.29) is 5.56 Å². The first kappa shape index (κ1) is 8.80. The van der Waals surface area contributed by atoms with Crippen molar-refractivity contribution >= 4 is 0 Å². The van der Waals surface area contributed by atoms with Crippen molar-refractivity contribution in [3.05, 3.63) is 58.8 Å². The molecule has 0 fully saturated rings. The summed E-state index contributed by atoms with van der Waals surface area (Å²) in [6.07, 6.45) is 7.82. The van der Waals surface area contributed by atoms with Crippen LogP contribution in [-0.2, 0) is 6.42 Å². The summed E-state index contributed by atoms with van der Waals surface area (Å²) in [4.78, 5) is 19.0. The van der Waals surface area contributed by atoms with Crippen LogP contribution in [0.3, 0.4) is 0 Å². The van der Waals surface area contributed by atoms with Gasteiger partial charge in [0.2, 0.25) is 0 Å². The lowest BCUT2D eigenvalue weighted by atomic mass is 10.3. The van der Waals surface area contributed by atoms with Crippen molar-refractivity contribution in [1.29, 1.82) is 0 Å². The number of nitrogens with one attached hydrogen (secondary N) is 1. The molecule has 0 saturated carbocycles. The molecule has 1 aromatic heterocycles. The SMILES string of the molecule is O=c1c(Cc2cc#co2)nc2c[nH]ccn1-2. The molecule has 5 heteroatoms. The summed E-state index contributed by atoms with van der Waals surface area (Å²) < 4.78 is 6.50. The van der Waals surface area contributed by atoms with Crippen LogP contribution < -0.4 is 5.56 Å². The number of aromatic nitrogens is 3. The van der Waals surface area contributed by atoms with Gasteiger partial charge in [0, 0.05) is 24.7 Å². The molecule has 0 aromatic carbocycles. The third-order valence-corrected chi connectivity index (χ3v) is 2.31. The number of aromatic amines is 1. The van der Waals surface area contributed by atoms with Crippen LogP contribution in [0.2, 0.25) is 0 Å². The minimum Gasteiger partial charge on any atom is -0.411 e. The van der Waals surface area contributed by atoms with Crippen LogP contribution in [0, 0.1) is 12.3 Å². The number of nitrogens with zero attached hydrogens (tertiary/aromatic N) is 2. The van der Waals surface area contributed by atoms with Gasteiger partial charge in [-0.25, -0.2) is 4.98 Å². The van der Waals surface area contributed by atoms with E-state index >= 15 is 0 Å². The average molecular weight is 213 g/mol. The molecule has 0 saturated heterocycles. The Hall–Kier alpha value is -2.48. The fourth-order valence-corrected chi connectivity index (χ4v) is 1.57. The first-order valence-electron chi connectivity index (χ1n) is 4.75. The van der Waals surface area contributed by atoms with Crippen molar-refractivity contribution in [3.63, 3.8) is 0 Å². The standard InChI is InChI=1S/C11H7N3O2/c15-11-9(6-8-2-1-5-16-8)13-10-7-12-3-4-14(10)11/h2-4,7,12H,6H2. The van der Waals surface area contributed by atoms with Crippen molar-refractivity contribution in [1.82, 2.24) is 14.5 Å². The normalized spacial score (nSPS) is 10.5. The highest BCUT2D eigenvalue weighted by atomic mass is 16.3. The van der Waals surface area contributed by atoms with Gasteiger partial charge in [0.15, 0.2) is 5.82 Å². The van der Waals surface area contributed by atoms with Gasteiger partial charge in [-0.3, -0.25) is 9.36 Å². The lowest BCUT2D eigenvalue weighted by molar-refractivity contribution is 0.516. The fraction of sp³-hybridized carbons (Fsp3) is 0.0909. The van der Waals surface area contributed by atoms with Gasteiger partial charge in [0.05, 0.1) is 6.42 Å². The second-order valence-electron chi connectivity index (χ2n) is 3.35. The molecule has 0 aliphatic carbocycles. The third kappa shape index (κ3) is 1.28.